The largest absolute Gasteiger partial charge is 0.384 e. The Bertz CT molecular complexity index is 1030. The fourth-order valence-electron chi connectivity index (χ4n) is 3.94. The zero-order valence-electron chi connectivity index (χ0n) is 14.8. The van der Waals surface area contributed by atoms with Crippen molar-refractivity contribution in [2.75, 3.05) is 4.90 Å². The molecule has 0 bridgehead atoms. The molecular weight excluding hydrogens is 378 g/mol. The molecule has 2 aliphatic rings. The molecule has 1 aromatic carbocycles. The summed E-state index contributed by atoms with van der Waals surface area (Å²) in [5.74, 6) is 0.0999. The number of ketones is 1. The van der Waals surface area contributed by atoms with Crippen molar-refractivity contribution >= 4 is 34.4 Å². The van der Waals surface area contributed by atoms with Gasteiger partial charge in [0.05, 0.1) is 23.2 Å². The third-order valence-electron chi connectivity index (χ3n) is 5.22. The Morgan fingerprint density at radius 3 is 2.81 bits per heavy atom. The summed E-state index contributed by atoms with van der Waals surface area (Å²) >= 11 is 7.88. The maximum absolute atomic E-state index is 13.0. The number of thiophene rings is 1. The number of carbonyl (C=O) groups is 1. The van der Waals surface area contributed by atoms with E-state index in [1.54, 1.807) is 11.3 Å². The molecule has 0 saturated heterocycles. The Morgan fingerprint density at radius 2 is 2.11 bits per heavy atom. The lowest BCUT2D eigenvalue weighted by Gasteiger charge is -2.40. The van der Waals surface area contributed by atoms with E-state index in [0.29, 0.717) is 28.4 Å². The highest BCUT2D eigenvalue weighted by Crippen LogP contribution is 2.48. The summed E-state index contributed by atoms with van der Waals surface area (Å²) in [6.45, 7) is 1.92. The van der Waals surface area contributed by atoms with Gasteiger partial charge in [0, 0.05) is 27.6 Å². The molecule has 2 aromatic rings. The fourth-order valence-corrected chi connectivity index (χ4v) is 4.95. The van der Waals surface area contributed by atoms with Gasteiger partial charge in [0.1, 0.15) is 5.82 Å². The molecule has 0 amide bonds. The molecule has 4 nitrogen and oxygen atoms in total. The number of allylic oxidation sites excluding steroid dienone is 3. The molecule has 0 spiro atoms. The van der Waals surface area contributed by atoms with Crippen molar-refractivity contribution in [1.82, 2.24) is 0 Å². The summed E-state index contributed by atoms with van der Waals surface area (Å²) in [6.07, 6.45) is 2.02. The number of anilines is 1. The second kappa shape index (κ2) is 6.88. The van der Waals surface area contributed by atoms with Gasteiger partial charge in [0.2, 0.25) is 0 Å². The number of carbonyl (C=O) groups excluding carboxylic acids is 1. The number of rotatable bonds is 2. The summed E-state index contributed by atoms with van der Waals surface area (Å²) < 4.78 is 0. The highest BCUT2D eigenvalue weighted by atomic mass is 35.5. The summed E-state index contributed by atoms with van der Waals surface area (Å²) in [7, 11) is 0. The quantitative estimate of drug-likeness (QED) is 0.775. The molecule has 1 aromatic heterocycles. The number of nitriles is 1. The first-order valence-electron chi connectivity index (χ1n) is 8.79. The van der Waals surface area contributed by atoms with Crippen LogP contribution in [0.25, 0.3) is 0 Å². The predicted molar refractivity (Wildman–Crippen MR) is 108 cm³/mol. The van der Waals surface area contributed by atoms with Crippen LogP contribution in [0.3, 0.4) is 0 Å². The SMILES string of the molecule is Cc1c(Cl)cccc1N1C(N)=C(C#N)[C@@H](c2cccs2)C2=C1CCCC2=O. The Hall–Kier alpha value is -2.55. The third-order valence-corrected chi connectivity index (χ3v) is 6.57. The highest BCUT2D eigenvalue weighted by Gasteiger charge is 2.41. The molecule has 0 fully saturated rings. The zero-order valence-corrected chi connectivity index (χ0v) is 16.4. The highest BCUT2D eigenvalue weighted by molar-refractivity contribution is 7.10. The van der Waals surface area contributed by atoms with Gasteiger partial charge in [-0.2, -0.15) is 5.26 Å². The fraction of sp³-hybridized carbons (Fsp3) is 0.238. The average molecular weight is 396 g/mol. The van der Waals surface area contributed by atoms with Crippen LogP contribution in [0.4, 0.5) is 5.69 Å². The minimum atomic E-state index is -0.381. The molecule has 0 radical (unpaired) electrons. The molecule has 136 valence electrons. The van der Waals surface area contributed by atoms with Crippen molar-refractivity contribution in [3.05, 3.63) is 73.8 Å². The smallest absolute Gasteiger partial charge is 0.161 e. The van der Waals surface area contributed by atoms with E-state index in [-0.39, 0.29) is 11.7 Å². The number of nitrogens with two attached hydrogens (primary N) is 1. The lowest BCUT2D eigenvalue weighted by Crippen LogP contribution is -2.38. The molecular formula is C21H18ClN3OS. The van der Waals surface area contributed by atoms with Crippen molar-refractivity contribution in [1.29, 1.82) is 5.26 Å². The van der Waals surface area contributed by atoms with Crippen LogP contribution in [0.1, 0.15) is 35.6 Å². The number of benzene rings is 1. The molecule has 6 heteroatoms. The van der Waals surface area contributed by atoms with E-state index >= 15 is 0 Å². The number of halogens is 1. The molecule has 0 saturated carbocycles. The Balaban J connectivity index is 2.01. The lowest BCUT2D eigenvalue weighted by atomic mass is 9.78. The molecule has 2 N–H and O–H groups in total. The van der Waals surface area contributed by atoms with E-state index < -0.39 is 0 Å². The van der Waals surface area contributed by atoms with Crippen LogP contribution in [0.2, 0.25) is 5.02 Å². The Labute approximate surface area is 167 Å². The van der Waals surface area contributed by atoms with Gasteiger partial charge in [-0.3, -0.25) is 9.69 Å². The van der Waals surface area contributed by atoms with Crippen LogP contribution in [0, 0.1) is 18.3 Å². The predicted octanol–water partition coefficient (Wildman–Crippen LogP) is 5.01. The van der Waals surface area contributed by atoms with Gasteiger partial charge in [0.25, 0.3) is 0 Å². The van der Waals surface area contributed by atoms with Crippen LogP contribution in [-0.2, 0) is 4.79 Å². The molecule has 2 heterocycles. The van der Waals surface area contributed by atoms with E-state index in [1.807, 2.05) is 47.5 Å². The van der Waals surface area contributed by atoms with E-state index in [2.05, 4.69) is 6.07 Å². The van der Waals surface area contributed by atoms with Crippen molar-refractivity contribution < 1.29 is 4.79 Å². The normalized spacial score (nSPS) is 20.0. The van der Waals surface area contributed by atoms with Crippen LogP contribution in [-0.4, -0.2) is 5.78 Å². The van der Waals surface area contributed by atoms with E-state index in [0.717, 1.165) is 34.7 Å². The van der Waals surface area contributed by atoms with Crippen molar-refractivity contribution in [2.45, 2.75) is 32.1 Å². The maximum Gasteiger partial charge on any atom is 0.161 e. The minimum absolute atomic E-state index is 0.0968. The monoisotopic (exact) mass is 395 g/mol. The second-order valence-electron chi connectivity index (χ2n) is 6.72. The standard InChI is InChI=1S/C21H18ClN3OS/c1-12-14(22)5-2-6-15(12)25-16-7-3-8-17(26)20(16)19(13(11-23)21(25)24)18-9-4-10-27-18/h2,4-6,9-10,19H,3,7-8,24H2,1H3/t19-/m0/s1. The van der Waals surface area contributed by atoms with Gasteiger partial charge < -0.3 is 5.73 Å². The van der Waals surface area contributed by atoms with Crippen LogP contribution in [0.5, 0.6) is 0 Å². The summed E-state index contributed by atoms with van der Waals surface area (Å²) in [5, 5.41) is 12.5. The van der Waals surface area contributed by atoms with Gasteiger partial charge >= 0.3 is 0 Å². The van der Waals surface area contributed by atoms with E-state index in [9.17, 15) is 10.1 Å². The lowest BCUT2D eigenvalue weighted by molar-refractivity contribution is -0.116. The first kappa shape index (κ1) is 17.8. The van der Waals surface area contributed by atoms with Gasteiger partial charge in [-0.1, -0.05) is 23.7 Å². The number of nitrogens with zero attached hydrogens (tertiary/aromatic N) is 2. The second-order valence-corrected chi connectivity index (χ2v) is 8.10. The number of hydrogen-bond donors (Lipinski definition) is 1. The van der Waals surface area contributed by atoms with Gasteiger partial charge in [0.15, 0.2) is 5.78 Å². The van der Waals surface area contributed by atoms with Gasteiger partial charge in [-0.05, 0) is 48.9 Å². The molecule has 1 aliphatic carbocycles. The molecule has 1 aliphatic heterocycles. The minimum Gasteiger partial charge on any atom is -0.384 e. The average Bonchev–Trinajstić information content (AvgIpc) is 3.18. The van der Waals surface area contributed by atoms with Crippen molar-refractivity contribution in [3.63, 3.8) is 0 Å². The van der Waals surface area contributed by atoms with Crippen molar-refractivity contribution in [2.24, 2.45) is 5.73 Å². The first-order valence-corrected chi connectivity index (χ1v) is 10.0. The van der Waals surface area contributed by atoms with E-state index in [1.165, 1.54) is 0 Å². The number of hydrogen-bond acceptors (Lipinski definition) is 5. The van der Waals surface area contributed by atoms with Crippen LogP contribution >= 0.6 is 22.9 Å². The van der Waals surface area contributed by atoms with E-state index in [4.69, 9.17) is 17.3 Å². The maximum atomic E-state index is 13.0. The van der Waals surface area contributed by atoms with Gasteiger partial charge in [-0.25, -0.2) is 0 Å². The zero-order chi connectivity index (χ0) is 19.1. The van der Waals surface area contributed by atoms with Gasteiger partial charge in [-0.15, -0.1) is 11.3 Å². The molecule has 27 heavy (non-hydrogen) atoms. The van der Waals surface area contributed by atoms with Crippen LogP contribution in [0.15, 0.2) is 58.4 Å². The Kier molecular flexibility index (Phi) is 4.55. The molecule has 0 unspecified atom stereocenters. The summed E-state index contributed by atoms with van der Waals surface area (Å²) in [6, 6.07) is 11.8. The summed E-state index contributed by atoms with van der Waals surface area (Å²) in [5.41, 5.74) is 10.2. The Morgan fingerprint density at radius 1 is 1.30 bits per heavy atom. The van der Waals surface area contributed by atoms with Crippen molar-refractivity contribution in [3.8, 4) is 6.07 Å². The first-order chi connectivity index (χ1) is 13.0. The topological polar surface area (TPSA) is 70.1 Å². The number of Topliss-reactive ketones (excluding diaryl/α,β-unsaturated/α-hetero) is 1. The summed E-state index contributed by atoms with van der Waals surface area (Å²) in [4.78, 5) is 15.8. The third kappa shape index (κ3) is 2.77. The molecule has 4 rings (SSSR count). The molecule has 1 atom stereocenters. The van der Waals surface area contributed by atoms with Crippen LogP contribution < -0.4 is 10.6 Å².